The minimum Gasteiger partial charge on any atom is -0.246 e. The van der Waals surface area contributed by atoms with Gasteiger partial charge in [0.25, 0.3) is 0 Å². The van der Waals surface area contributed by atoms with Gasteiger partial charge in [-0.15, -0.1) is 0 Å². The Labute approximate surface area is 96.9 Å². The van der Waals surface area contributed by atoms with Crippen LogP contribution in [0.1, 0.15) is 0 Å². The molecule has 0 aromatic rings. The third-order valence-corrected chi connectivity index (χ3v) is 3.32. The molecule has 0 unspecified atom stereocenters. The predicted octanol–water partition coefficient (Wildman–Crippen LogP) is -1.46. The predicted molar refractivity (Wildman–Crippen MR) is 61.4 cm³/mol. The number of nitrogens with zero attached hydrogens (tertiary/aromatic N) is 6. The molecule has 0 aromatic carbocycles. The highest BCUT2D eigenvalue weighted by Gasteiger charge is 2.42. The summed E-state index contributed by atoms with van der Waals surface area (Å²) >= 11 is 0. The van der Waals surface area contributed by atoms with Crippen molar-refractivity contribution >= 4 is 5.96 Å². The molecule has 0 saturated carbocycles. The summed E-state index contributed by atoms with van der Waals surface area (Å²) in [4.78, 5) is 12.0. The molecule has 0 radical (unpaired) electrons. The maximum atomic E-state index is 2.46. The van der Waals surface area contributed by atoms with Gasteiger partial charge in [0.15, 0.2) is 0 Å². The molecule has 3 heterocycles. The second-order valence-electron chi connectivity index (χ2n) is 5.34. The van der Waals surface area contributed by atoms with Crippen LogP contribution >= 0.6 is 0 Å². The number of hydrogen-bond donors (Lipinski definition) is 0. The minimum atomic E-state index is 1.04. The van der Waals surface area contributed by atoms with Crippen molar-refractivity contribution in [2.75, 3.05) is 61.2 Å². The Morgan fingerprint density at radius 1 is 0.750 bits per heavy atom. The summed E-state index contributed by atoms with van der Waals surface area (Å²) in [6, 6.07) is 0. The topological polar surface area (TPSA) is 19.2 Å². The maximum Gasteiger partial charge on any atom is 0.356 e. The van der Waals surface area contributed by atoms with Gasteiger partial charge >= 0.3 is 5.96 Å². The quantitative estimate of drug-likeness (QED) is 0.468. The van der Waals surface area contributed by atoms with Gasteiger partial charge in [0, 0.05) is 0 Å². The van der Waals surface area contributed by atoms with E-state index in [0.717, 1.165) is 40.0 Å². The van der Waals surface area contributed by atoms with E-state index >= 15 is 0 Å². The van der Waals surface area contributed by atoms with Gasteiger partial charge in [-0.25, -0.2) is 29.1 Å². The summed E-state index contributed by atoms with van der Waals surface area (Å²) in [6.45, 7) is 6.23. The fourth-order valence-corrected chi connectivity index (χ4v) is 3.00. The summed E-state index contributed by atoms with van der Waals surface area (Å²) in [5.41, 5.74) is 0. The average Bonchev–Trinajstić information content (AvgIpc) is 2.14. The lowest BCUT2D eigenvalue weighted by Crippen LogP contribution is -2.70. The molecule has 0 aliphatic carbocycles. The Balaban J connectivity index is 1.96. The molecule has 0 atom stereocenters. The smallest absolute Gasteiger partial charge is 0.246 e. The molecule has 6 heteroatoms. The van der Waals surface area contributed by atoms with E-state index < -0.39 is 0 Å². The van der Waals surface area contributed by atoms with E-state index in [1.54, 1.807) is 0 Å². The van der Waals surface area contributed by atoms with Crippen molar-refractivity contribution in [2.45, 2.75) is 0 Å². The van der Waals surface area contributed by atoms with Crippen LogP contribution in [0.4, 0.5) is 0 Å². The zero-order chi connectivity index (χ0) is 11.3. The van der Waals surface area contributed by atoms with Crippen LogP contribution in [0.25, 0.3) is 0 Å². The normalized spacial score (nSPS) is 28.7. The summed E-state index contributed by atoms with van der Waals surface area (Å²) in [7, 11) is 6.55. The van der Waals surface area contributed by atoms with Gasteiger partial charge in [-0.1, -0.05) is 0 Å². The van der Waals surface area contributed by atoms with Crippen molar-refractivity contribution in [1.29, 1.82) is 0 Å². The Morgan fingerprint density at radius 3 is 1.69 bits per heavy atom. The van der Waals surface area contributed by atoms with Gasteiger partial charge in [-0.3, -0.25) is 0 Å². The first kappa shape index (κ1) is 10.3. The first-order chi connectivity index (χ1) is 7.63. The van der Waals surface area contributed by atoms with Crippen LogP contribution in [-0.2, 0) is 0 Å². The van der Waals surface area contributed by atoms with E-state index in [2.05, 4.69) is 50.2 Å². The molecule has 0 spiro atoms. The van der Waals surface area contributed by atoms with Crippen molar-refractivity contribution in [2.24, 2.45) is 0 Å². The molecule has 1 saturated heterocycles. The maximum absolute atomic E-state index is 2.46. The van der Waals surface area contributed by atoms with Gasteiger partial charge < -0.3 is 0 Å². The molecule has 3 aliphatic heterocycles. The number of guanidine groups is 1. The molecule has 0 aromatic heterocycles. The lowest BCUT2D eigenvalue weighted by atomic mass is 10.4. The number of rotatable bonds is 0. The highest BCUT2D eigenvalue weighted by atomic mass is 15.6. The van der Waals surface area contributed by atoms with Crippen LogP contribution in [0.3, 0.4) is 0 Å². The van der Waals surface area contributed by atoms with Crippen molar-refractivity contribution in [3.8, 4) is 0 Å². The average molecular weight is 225 g/mol. The van der Waals surface area contributed by atoms with E-state index in [0.29, 0.717) is 0 Å². The van der Waals surface area contributed by atoms with Crippen molar-refractivity contribution in [1.82, 2.24) is 24.5 Å². The second kappa shape index (κ2) is 3.58. The molecule has 0 amide bonds. The summed E-state index contributed by atoms with van der Waals surface area (Å²) in [6.07, 6.45) is 0. The van der Waals surface area contributed by atoms with Gasteiger partial charge in [-0.05, 0) is 21.1 Å². The molecule has 6 nitrogen and oxygen atoms in total. The van der Waals surface area contributed by atoms with Gasteiger partial charge in [0.05, 0.1) is 0 Å². The zero-order valence-corrected chi connectivity index (χ0v) is 10.4. The third-order valence-electron chi connectivity index (χ3n) is 3.32. The molecule has 1 fully saturated rings. The van der Waals surface area contributed by atoms with E-state index in [1.165, 1.54) is 5.96 Å². The van der Waals surface area contributed by atoms with Crippen molar-refractivity contribution in [3.63, 3.8) is 0 Å². The van der Waals surface area contributed by atoms with Crippen LogP contribution in [-0.4, -0.2) is 96.2 Å². The fraction of sp³-hybridized carbons (Fsp3) is 0.900. The molecule has 3 rings (SSSR count). The first-order valence-electron chi connectivity index (χ1n) is 5.81. The Kier molecular flexibility index (Phi) is 2.31. The van der Waals surface area contributed by atoms with Crippen LogP contribution in [0.2, 0.25) is 0 Å². The zero-order valence-electron chi connectivity index (χ0n) is 10.4. The Hall–Kier alpha value is -0.850. The molecule has 3 aliphatic rings. The van der Waals surface area contributed by atoms with E-state index in [-0.39, 0.29) is 0 Å². The molecule has 0 N–H and O–H groups in total. The molecule has 0 bridgehead atoms. The van der Waals surface area contributed by atoms with Crippen molar-refractivity contribution in [3.05, 3.63) is 0 Å². The summed E-state index contributed by atoms with van der Waals surface area (Å²) in [5.74, 6) is 1.43. The monoisotopic (exact) mass is 225 g/mol. The second-order valence-corrected chi connectivity index (χ2v) is 5.34. The fourth-order valence-electron chi connectivity index (χ4n) is 3.00. The van der Waals surface area contributed by atoms with E-state index in [1.807, 2.05) is 0 Å². The molecule has 90 valence electrons. The highest BCUT2D eigenvalue weighted by molar-refractivity contribution is 5.76. The van der Waals surface area contributed by atoms with Crippen LogP contribution < -0.4 is 0 Å². The third kappa shape index (κ3) is 1.57. The van der Waals surface area contributed by atoms with Crippen LogP contribution in [0.5, 0.6) is 0 Å². The standard InChI is InChI=1S/C10H21N6/c1-11-4-14-6-12(2)8-16-9-13(3)7-15(5-11)10(14)16/h4-9H2,1-3H3/q+1. The van der Waals surface area contributed by atoms with E-state index in [9.17, 15) is 0 Å². The molecular weight excluding hydrogens is 204 g/mol. The lowest BCUT2D eigenvalue weighted by molar-refractivity contribution is -0.594. The Morgan fingerprint density at radius 2 is 1.19 bits per heavy atom. The van der Waals surface area contributed by atoms with E-state index in [4.69, 9.17) is 0 Å². The lowest BCUT2D eigenvalue weighted by Gasteiger charge is -2.46. The number of hydrogen-bond acceptors (Lipinski definition) is 5. The largest absolute Gasteiger partial charge is 0.356 e. The molecule has 16 heavy (non-hydrogen) atoms. The minimum absolute atomic E-state index is 1.04. The van der Waals surface area contributed by atoms with Crippen LogP contribution in [0.15, 0.2) is 0 Å². The van der Waals surface area contributed by atoms with Crippen LogP contribution in [0, 0.1) is 0 Å². The van der Waals surface area contributed by atoms with Gasteiger partial charge in [-0.2, -0.15) is 0 Å². The van der Waals surface area contributed by atoms with Gasteiger partial charge in [0.1, 0.15) is 40.0 Å². The SMILES string of the molecule is CN1CN2CN(C)C[N+]3=C2N(C1)CN(C)C3. The summed E-state index contributed by atoms with van der Waals surface area (Å²) < 4.78 is 2.46. The summed E-state index contributed by atoms with van der Waals surface area (Å²) in [5, 5.41) is 0. The van der Waals surface area contributed by atoms with Gasteiger partial charge in [0.2, 0.25) is 0 Å². The highest BCUT2D eigenvalue weighted by Crippen LogP contribution is 2.16. The molecular formula is C10H21N6+. The van der Waals surface area contributed by atoms with Crippen molar-refractivity contribution < 1.29 is 4.58 Å². The first-order valence-corrected chi connectivity index (χ1v) is 5.81. The Bertz CT molecular complexity index is 299.